The Hall–Kier alpha value is -1.55. The first-order valence-corrected chi connectivity index (χ1v) is 6.86. The van der Waals surface area contributed by atoms with Crippen molar-refractivity contribution in [2.24, 2.45) is 0 Å². The van der Waals surface area contributed by atoms with Crippen LogP contribution in [0, 0.1) is 6.92 Å². The van der Waals surface area contributed by atoms with E-state index in [1.54, 1.807) is 0 Å². The van der Waals surface area contributed by atoms with Crippen molar-refractivity contribution in [3.8, 4) is 0 Å². The fourth-order valence-electron chi connectivity index (χ4n) is 2.38. The Kier molecular flexibility index (Phi) is 4.43. The van der Waals surface area contributed by atoms with Crippen molar-refractivity contribution in [3.63, 3.8) is 0 Å². The predicted molar refractivity (Wildman–Crippen MR) is 76.7 cm³/mol. The first-order valence-electron chi connectivity index (χ1n) is 6.86. The molecule has 1 aliphatic heterocycles. The second-order valence-corrected chi connectivity index (χ2v) is 4.98. The van der Waals surface area contributed by atoms with E-state index >= 15 is 0 Å². The van der Waals surface area contributed by atoms with Crippen LogP contribution in [-0.4, -0.2) is 43.2 Å². The second kappa shape index (κ2) is 6.06. The van der Waals surface area contributed by atoms with Gasteiger partial charge in [0.15, 0.2) is 0 Å². The lowest BCUT2D eigenvalue weighted by atomic mass is 10.1. The van der Waals surface area contributed by atoms with E-state index in [1.165, 1.54) is 0 Å². The van der Waals surface area contributed by atoms with Gasteiger partial charge in [0.2, 0.25) is 0 Å². The number of carbonyl (C=O) groups excluding carboxylic acids is 1. The third-order valence-corrected chi connectivity index (χ3v) is 3.47. The minimum absolute atomic E-state index is 0.0990. The third kappa shape index (κ3) is 3.07. The lowest BCUT2D eigenvalue weighted by Crippen LogP contribution is -2.47. The zero-order valence-electron chi connectivity index (χ0n) is 11.9. The maximum atomic E-state index is 12.5. The number of nitrogens with zero attached hydrogens (tertiary/aromatic N) is 1. The molecule has 1 atom stereocenters. The number of amides is 1. The molecule has 0 radical (unpaired) electrons. The number of morpholine rings is 1. The van der Waals surface area contributed by atoms with Gasteiger partial charge in [0.05, 0.1) is 19.3 Å². The van der Waals surface area contributed by atoms with Crippen LogP contribution in [0.2, 0.25) is 0 Å². The number of carbonyl (C=O) groups is 1. The fraction of sp³-hybridized carbons (Fsp3) is 0.533. The predicted octanol–water partition coefficient (Wildman–Crippen LogP) is 2.29. The van der Waals surface area contributed by atoms with Gasteiger partial charge in [-0.3, -0.25) is 4.79 Å². The van der Waals surface area contributed by atoms with Gasteiger partial charge in [0.25, 0.3) is 5.91 Å². The largest absolute Gasteiger partial charge is 0.385 e. The minimum Gasteiger partial charge on any atom is -0.385 e. The quantitative estimate of drug-likeness (QED) is 0.908. The molecule has 1 amide bonds. The van der Waals surface area contributed by atoms with Gasteiger partial charge in [-0.1, -0.05) is 0 Å². The summed E-state index contributed by atoms with van der Waals surface area (Å²) in [6.07, 6.45) is 0. The molecule has 2 rings (SSSR count). The maximum Gasteiger partial charge on any atom is 0.254 e. The zero-order valence-corrected chi connectivity index (χ0v) is 11.9. The van der Waals surface area contributed by atoms with E-state index in [0.717, 1.165) is 23.4 Å². The molecule has 1 aromatic carbocycles. The Morgan fingerprint density at radius 1 is 1.53 bits per heavy atom. The summed E-state index contributed by atoms with van der Waals surface area (Å²) in [5.74, 6) is 0.0990. The van der Waals surface area contributed by atoms with Crippen molar-refractivity contribution in [3.05, 3.63) is 29.3 Å². The van der Waals surface area contributed by atoms with E-state index in [2.05, 4.69) is 12.2 Å². The zero-order chi connectivity index (χ0) is 13.8. The number of rotatable bonds is 3. The number of anilines is 1. The van der Waals surface area contributed by atoms with Crippen LogP contribution in [0.25, 0.3) is 0 Å². The number of hydrogen-bond acceptors (Lipinski definition) is 3. The molecular formula is C15H22N2O2. The average Bonchev–Trinajstić information content (AvgIpc) is 2.41. The Labute approximate surface area is 114 Å². The lowest BCUT2D eigenvalue weighted by Gasteiger charge is -2.33. The van der Waals surface area contributed by atoms with Crippen LogP contribution in [0.1, 0.15) is 29.8 Å². The molecule has 0 aromatic heterocycles. The topological polar surface area (TPSA) is 41.6 Å². The summed E-state index contributed by atoms with van der Waals surface area (Å²) >= 11 is 0. The highest BCUT2D eigenvalue weighted by atomic mass is 16.5. The Morgan fingerprint density at radius 3 is 2.95 bits per heavy atom. The lowest BCUT2D eigenvalue weighted by molar-refractivity contribution is 0.00359. The first-order chi connectivity index (χ1) is 9.13. The van der Waals surface area contributed by atoms with E-state index in [1.807, 2.05) is 36.9 Å². The normalized spacial score (nSPS) is 19.3. The maximum absolute atomic E-state index is 12.5. The third-order valence-electron chi connectivity index (χ3n) is 3.47. The molecule has 1 heterocycles. The monoisotopic (exact) mass is 262 g/mol. The molecule has 4 nitrogen and oxygen atoms in total. The van der Waals surface area contributed by atoms with Crippen LogP contribution in [-0.2, 0) is 4.74 Å². The van der Waals surface area contributed by atoms with Crippen LogP contribution in [0.5, 0.6) is 0 Å². The van der Waals surface area contributed by atoms with Gasteiger partial charge in [-0.05, 0) is 44.5 Å². The summed E-state index contributed by atoms with van der Waals surface area (Å²) in [5, 5.41) is 3.29. The highest BCUT2D eigenvalue weighted by molar-refractivity contribution is 5.95. The number of nitrogens with one attached hydrogen (secondary N) is 1. The fourth-order valence-corrected chi connectivity index (χ4v) is 2.38. The van der Waals surface area contributed by atoms with E-state index in [4.69, 9.17) is 4.74 Å². The standard InChI is InChI=1S/C15H22N2O2/c1-4-16-14-6-5-13(9-11(14)2)15(18)17-7-8-19-10-12(17)3/h5-6,9,12,16H,4,7-8,10H2,1-3H3. The van der Waals surface area contributed by atoms with Crippen molar-refractivity contribution < 1.29 is 9.53 Å². The van der Waals surface area contributed by atoms with Crippen LogP contribution >= 0.6 is 0 Å². The van der Waals surface area contributed by atoms with E-state index in [9.17, 15) is 4.79 Å². The highest BCUT2D eigenvalue weighted by Crippen LogP contribution is 2.19. The van der Waals surface area contributed by atoms with Gasteiger partial charge in [-0.25, -0.2) is 0 Å². The van der Waals surface area contributed by atoms with E-state index in [-0.39, 0.29) is 11.9 Å². The molecule has 0 spiro atoms. The molecule has 104 valence electrons. The smallest absolute Gasteiger partial charge is 0.254 e. The van der Waals surface area contributed by atoms with Gasteiger partial charge >= 0.3 is 0 Å². The molecule has 1 aliphatic rings. The van der Waals surface area contributed by atoms with Crippen molar-refractivity contribution in [2.75, 3.05) is 31.6 Å². The molecule has 0 saturated carbocycles. The summed E-state index contributed by atoms with van der Waals surface area (Å²) < 4.78 is 5.37. The molecule has 0 bridgehead atoms. The van der Waals surface area contributed by atoms with Crippen molar-refractivity contribution in [1.29, 1.82) is 0 Å². The van der Waals surface area contributed by atoms with Gasteiger partial charge in [0.1, 0.15) is 0 Å². The molecule has 1 unspecified atom stereocenters. The number of ether oxygens (including phenoxy) is 1. The molecular weight excluding hydrogens is 240 g/mol. The Balaban J connectivity index is 2.17. The van der Waals surface area contributed by atoms with Crippen molar-refractivity contribution in [1.82, 2.24) is 4.90 Å². The first kappa shape index (κ1) is 13.9. The van der Waals surface area contributed by atoms with Crippen molar-refractivity contribution >= 4 is 11.6 Å². The van der Waals surface area contributed by atoms with Crippen LogP contribution in [0.15, 0.2) is 18.2 Å². The van der Waals surface area contributed by atoms with Gasteiger partial charge in [-0.15, -0.1) is 0 Å². The molecule has 1 aromatic rings. The van der Waals surface area contributed by atoms with Gasteiger partial charge in [-0.2, -0.15) is 0 Å². The van der Waals surface area contributed by atoms with Gasteiger partial charge < -0.3 is 15.0 Å². The number of aryl methyl sites for hydroxylation is 1. The van der Waals surface area contributed by atoms with Crippen LogP contribution < -0.4 is 5.32 Å². The Morgan fingerprint density at radius 2 is 2.32 bits per heavy atom. The van der Waals surface area contributed by atoms with Crippen LogP contribution in [0.3, 0.4) is 0 Å². The minimum atomic E-state index is 0.0990. The number of benzene rings is 1. The molecule has 1 fully saturated rings. The highest BCUT2D eigenvalue weighted by Gasteiger charge is 2.24. The Bertz CT molecular complexity index is 459. The van der Waals surface area contributed by atoms with E-state index < -0.39 is 0 Å². The summed E-state index contributed by atoms with van der Waals surface area (Å²) in [7, 11) is 0. The molecule has 4 heteroatoms. The SMILES string of the molecule is CCNc1ccc(C(=O)N2CCOCC2C)cc1C. The molecule has 0 aliphatic carbocycles. The summed E-state index contributed by atoms with van der Waals surface area (Å²) in [5.41, 5.74) is 2.95. The second-order valence-electron chi connectivity index (χ2n) is 4.98. The number of hydrogen-bond donors (Lipinski definition) is 1. The van der Waals surface area contributed by atoms with Crippen LogP contribution in [0.4, 0.5) is 5.69 Å². The molecule has 19 heavy (non-hydrogen) atoms. The summed E-state index contributed by atoms with van der Waals surface area (Å²) in [4.78, 5) is 14.4. The average molecular weight is 262 g/mol. The summed E-state index contributed by atoms with van der Waals surface area (Å²) in [6, 6.07) is 5.99. The van der Waals surface area contributed by atoms with E-state index in [0.29, 0.717) is 19.8 Å². The summed E-state index contributed by atoms with van der Waals surface area (Å²) in [6.45, 7) is 8.93. The van der Waals surface area contributed by atoms with Crippen molar-refractivity contribution in [2.45, 2.75) is 26.8 Å². The molecule has 1 saturated heterocycles. The molecule has 1 N–H and O–H groups in total. The van der Waals surface area contributed by atoms with Gasteiger partial charge in [0, 0.05) is 24.3 Å².